The van der Waals surface area contributed by atoms with E-state index in [0.29, 0.717) is 0 Å². The molecule has 0 heterocycles. The van der Waals surface area contributed by atoms with Gasteiger partial charge in [-0.1, -0.05) is 142 Å². The molecule has 0 saturated heterocycles. The van der Waals surface area contributed by atoms with E-state index in [0.717, 1.165) is 30.1 Å². The molecule has 0 radical (unpaired) electrons. The summed E-state index contributed by atoms with van der Waals surface area (Å²) >= 11 is 36.1. The summed E-state index contributed by atoms with van der Waals surface area (Å²) in [6.45, 7) is 0. The molecule has 0 aromatic heterocycles. The smallest absolute Gasteiger partial charge is 0.356 e. The van der Waals surface area contributed by atoms with Gasteiger partial charge in [-0.2, -0.15) is 0 Å². The molecule has 0 aliphatic rings. The first-order chi connectivity index (χ1) is 23.0. The van der Waals surface area contributed by atoms with Crippen LogP contribution in [0.5, 0.6) is 0 Å². The van der Waals surface area contributed by atoms with E-state index in [9.17, 15) is 0 Å². The van der Waals surface area contributed by atoms with E-state index in [-0.39, 0.29) is 17.1 Å². The zero-order valence-corrected chi connectivity index (χ0v) is 32.3. The van der Waals surface area contributed by atoms with Gasteiger partial charge in [-0.25, -0.2) is 0 Å². The number of hydrogen-bond acceptors (Lipinski definition) is 3. The van der Waals surface area contributed by atoms with Crippen LogP contribution in [0.3, 0.4) is 0 Å². The maximum absolute atomic E-state index is 8.25. The zero-order valence-electron chi connectivity index (χ0n) is 25.0. The SMILES string of the molecule is Clc1ccc(P(c2ccc(Cl)cc2)c2ccc(Cl)cc2)cc1.Clc1ccc(P(c2ccc(Cl)cc2)c2ccc(Cl)cc2)cc1.O=[N+]([O-])[O-].[Cu+]. The summed E-state index contributed by atoms with van der Waals surface area (Å²) in [5, 5.41) is 26.6. The summed E-state index contributed by atoms with van der Waals surface area (Å²) < 4.78 is 0. The third-order valence-corrected chi connectivity index (χ3v) is 12.9. The average molecular weight is 857 g/mol. The summed E-state index contributed by atoms with van der Waals surface area (Å²) in [5.74, 6) is 0. The first-order valence-corrected chi connectivity index (χ1v) is 18.9. The number of benzene rings is 6. The van der Waals surface area contributed by atoms with E-state index < -0.39 is 20.9 Å². The van der Waals surface area contributed by atoms with Crippen molar-refractivity contribution in [3.05, 3.63) is 191 Å². The molecule has 13 heteroatoms. The van der Waals surface area contributed by atoms with E-state index in [1.807, 2.05) is 72.8 Å². The molecule has 0 bridgehead atoms. The van der Waals surface area contributed by atoms with E-state index in [1.54, 1.807) is 0 Å². The maximum Gasteiger partial charge on any atom is 1.00 e. The Kier molecular flexibility index (Phi) is 17.2. The number of rotatable bonds is 6. The minimum atomic E-state index is -1.75. The maximum atomic E-state index is 8.25. The van der Waals surface area contributed by atoms with Crippen molar-refractivity contribution in [2.45, 2.75) is 0 Å². The first-order valence-electron chi connectivity index (χ1n) is 14.0. The Labute approximate surface area is 328 Å². The van der Waals surface area contributed by atoms with Crippen LogP contribution in [0.25, 0.3) is 0 Å². The molecule has 6 aromatic rings. The Morgan fingerprint density at radius 2 is 0.429 bits per heavy atom. The van der Waals surface area contributed by atoms with E-state index >= 15 is 0 Å². The van der Waals surface area contributed by atoms with Crippen molar-refractivity contribution in [1.82, 2.24) is 0 Å². The molecule has 4 nitrogen and oxygen atoms in total. The van der Waals surface area contributed by atoms with Crippen LogP contribution in [-0.4, -0.2) is 5.09 Å². The third-order valence-electron chi connectivity index (χ3n) is 6.51. The van der Waals surface area contributed by atoms with Gasteiger partial charge in [-0.15, -0.1) is 0 Å². The molecule has 49 heavy (non-hydrogen) atoms. The van der Waals surface area contributed by atoms with Crippen LogP contribution in [0, 0.1) is 15.3 Å². The number of nitrogens with zero attached hydrogens (tertiary/aromatic N) is 1. The molecular weight excluding hydrogens is 833 g/mol. The Bertz CT molecular complexity index is 1540. The van der Waals surface area contributed by atoms with Gasteiger partial charge < -0.3 is 15.3 Å². The molecule has 0 fully saturated rings. The Morgan fingerprint density at radius 3 is 0.531 bits per heavy atom. The van der Waals surface area contributed by atoms with Gasteiger partial charge in [0, 0.05) is 30.1 Å². The van der Waals surface area contributed by atoms with Crippen LogP contribution in [0.15, 0.2) is 146 Å². The summed E-state index contributed by atoms with van der Waals surface area (Å²) in [4.78, 5) is 8.25. The van der Waals surface area contributed by atoms with Crippen molar-refractivity contribution in [2.24, 2.45) is 0 Å². The number of hydrogen-bond donors (Lipinski definition) is 0. The predicted molar refractivity (Wildman–Crippen MR) is 211 cm³/mol. The standard InChI is InChI=1S/2C18H12Cl3P.Cu.NO3/c2*19-13-1-7-16(8-2-13)22(17-9-3-14(20)4-10-17)18-11-5-15(21)6-12-18;;2-1(3)4/h2*1-12H;;/q;;+1;-1. The van der Waals surface area contributed by atoms with E-state index in [2.05, 4.69) is 72.8 Å². The molecular formula is C36H24Cl6CuNO3P2. The number of halogens is 6. The molecule has 0 unspecified atom stereocenters. The second kappa shape index (κ2) is 20.5. The van der Waals surface area contributed by atoms with Gasteiger partial charge in [0.1, 0.15) is 0 Å². The molecule has 0 amide bonds. The fourth-order valence-electron chi connectivity index (χ4n) is 4.44. The quantitative estimate of drug-likeness (QED) is 0.0725. The van der Waals surface area contributed by atoms with Gasteiger partial charge in [0.15, 0.2) is 0 Å². The minimum absolute atomic E-state index is 0. The molecule has 254 valence electrons. The van der Waals surface area contributed by atoms with Crippen LogP contribution < -0.4 is 31.8 Å². The molecule has 6 aromatic carbocycles. The van der Waals surface area contributed by atoms with Crippen molar-refractivity contribution in [3.8, 4) is 0 Å². The minimum Gasteiger partial charge on any atom is -0.356 e. The second-order valence-corrected chi connectivity index (χ2v) is 16.8. The largest absolute Gasteiger partial charge is 1.00 e. The molecule has 0 aliphatic carbocycles. The van der Waals surface area contributed by atoms with Gasteiger partial charge in [-0.3, -0.25) is 0 Å². The van der Waals surface area contributed by atoms with Crippen molar-refractivity contribution < 1.29 is 22.2 Å². The van der Waals surface area contributed by atoms with E-state index in [1.165, 1.54) is 31.8 Å². The Balaban J connectivity index is 0.000000235. The Morgan fingerprint density at radius 1 is 0.327 bits per heavy atom. The van der Waals surface area contributed by atoms with Gasteiger partial charge in [0.05, 0.1) is 5.09 Å². The fraction of sp³-hybridized carbons (Fsp3) is 0. The van der Waals surface area contributed by atoms with Crippen LogP contribution in [0.4, 0.5) is 0 Å². The van der Waals surface area contributed by atoms with Crippen LogP contribution in [0.1, 0.15) is 0 Å². The molecule has 0 spiro atoms. The fourth-order valence-corrected chi connectivity index (χ4v) is 9.66. The van der Waals surface area contributed by atoms with E-state index in [4.69, 9.17) is 84.9 Å². The Hall–Kier alpha value is -2.36. The monoisotopic (exact) mass is 853 g/mol. The molecule has 0 saturated carbocycles. The van der Waals surface area contributed by atoms with Gasteiger partial charge >= 0.3 is 17.1 Å². The van der Waals surface area contributed by atoms with Crippen molar-refractivity contribution in [1.29, 1.82) is 0 Å². The second-order valence-electron chi connectivity index (χ2n) is 9.75. The normalized spacial score (nSPS) is 10.3. The van der Waals surface area contributed by atoms with Gasteiger partial charge in [0.25, 0.3) is 0 Å². The molecule has 6 rings (SSSR count). The zero-order chi connectivity index (χ0) is 34.6. The van der Waals surface area contributed by atoms with Crippen LogP contribution in [0.2, 0.25) is 30.1 Å². The summed E-state index contributed by atoms with van der Waals surface area (Å²) in [6.07, 6.45) is 0. The molecule has 0 aliphatic heterocycles. The predicted octanol–water partition coefficient (Wildman–Crippen LogP) is 10.6. The van der Waals surface area contributed by atoms with Gasteiger partial charge in [-0.05, 0) is 120 Å². The van der Waals surface area contributed by atoms with Crippen molar-refractivity contribution in [3.63, 3.8) is 0 Å². The van der Waals surface area contributed by atoms with Crippen LogP contribution in [-0.2, 0) is 17.1 Å². The third kappa shape index (κ3) is 13.0. The molecule has 0 atom stereocenters. The molecule has 0 N–H and O–H groups in total. The summed E-state index contributed by atoms with van der Waals surface area (Å²) in [6, 6.07) is 48.1. The topological polar surface area (TPSA) is 66.2 Å². The summed E-state index contributed by atoms with van der Waals surface area (Å²) in [5.41, 5.74) is 0. The summed E-state index contributed by atoms with van der Waals surface area (Å²) in [7, 11) is -1.32. The van der Waals surface area contributed by atoms with Crippen LogP contribution >= 0.6 is 85.4 Å². The van der Waals surface area contributed by atoms with Crippen molar-refractivity contribution >= 4 is 117 Å². The average Bonchev–Trinajstić information content (AvgIpc) is 3.07. The van der Waals surface area contributed by atoms with Gasteiger partial charge in [0.2, 0.25) is 0 Å². The first kappa shape index (κ1) is 41.1. The van der Waals surface area contributed by atoms with Crippen molar-refractivity contribution in [2.75, 3.05) is 0 Å².